The summed E-state index contributed by atoms with van der Waals surface area (Å²) in [5, 5.41) is 6.94. The van der Waals surface area contributed by atoms with Crippen molar-refractivity contribution in [3.63, 3.8) is 0 Å². The van der Waals surface area contributed by atoms with Crippen LogP contribution in [0.3, 0.4) is 0 Å². The van der Waals surface area contributed by atoms with Gasteiger partial charge in [-0.15, -0.1) is 0 Å². The van der Waals surface area contributed by atoms with Crippen molar-refractivity contribution in [1.29, 1.82) is 0 Å². The molecule has 0 atom stereocenters. The maximum absolute atomic E-state index is 11.8. The average molecular weight is 250 g/mol. The normalized spacial score (nSPS) is 17.4. The van der Waals surface area contributed by atoms with E-state index in [1.807, 2.05) is 7.05 Å². The highest BCUT2D eigenvalue weighted by molar-refractivity contribution is 5.93. The minimum absolute atomic E-state index is 0.0297. The quantitative estimate of drug-likeness (QED) is 0.868. The Balaban J connectivity index is 1.69. The molecule has 1 saturated heterocycles. The summed E-state index contributed by atoms with van der Waals surface area (Å²) >= 11 is 0. The highest BCUT2D eigenvalue weighted by Gasteiger charge is 2.10. The lowest BCUT2D eigenvalue weighted by molar-refractivity contribution is 0.0948. The molecule has 2 heterocycles. The number of nitrogens with zero attached hydrogens (tertiary/aromatic N) is 3. The molecule has 1 aromatic heterocycles. The summed E-state index contributed by atoms with van der Waals surface area (Å²) < 4.78 is 1.64. The molecule has 1 amide bonds. The van der Waals surface area contributed by atoms with Crippen molar-refractivity contribution >= 4 is 5.91 Å². The van der Waals surface area contributed by atoms with E-state index in [0.29, 0.717) is 12.1 Å². The van der Waals surface area contributed by atoms with Crippen LogP contribution in [0.4, 0.5) is 0 Å². The summed E-state index contributed by atoms with van der Waals surface area (Å²) in [5.41, 5.74) is 0.633. The molecule has 0 aliphatic carbocycles. The van der Waals surface area contributed by atoms with Crippen LogP contribution < -0.4 is 5.32 Å². The Morgan fingerprint density at radius 2 is 2.06 bits per heavy atom. The Morgan fingerprint density at radius 1 is 1.33 bits per heavy atom. The molecule has 5 nitrogen and oxygen atoms in total. The molecule has 1 N–H and O–H groups in total. The van der Waals surface area contributed by atoms with E-state index in [9.17, 15) is 4.79 Å². The topological polar surface area (TPSA) is 50.2 Å². The number of carbonyl (C=O) groups is 1. The van der Waals surface area contributed by atoms with Crippen LogP contribution in [0, 0.1) is 0 Å². The Morgan fingerprint density at radius 3 is 2.67 bits per heavy atom. The standard InChI is InChI=1S/C13H22N4O/c1-16-11-12(10-15-16)13(18)14-6-9-17-7-4-2-3-5-8-17/h10-11H,2-9H2,1H3,(H,14,18). The van der Waals surface area contributed by atoms with Crippen molar-refractivity contribution in [2.24, 2.45) is 7.05 Å². The van der Waals surface area contributed by atoms with Gasteiger partial charge < -0.3 is 10.2 Å². The second kappa shape index (κ2) is 6.54. The predicted molar refractivity (Wildman–Crippen MR) is 70.4 cm³/mol. The maximum Gasteiger partial charge on any atom is 0.254 e. The fraction of sp³-hybridized carbons (Fsp3) is 0.692. The molecule has 0 unspecified atom stereocenters. The van der Waals surface area contributed by atoms with Crippen LogP contribution in [0.2, 0.25) is 0 Å². The van der Waals surface area contributed by atoms with Crippen molar-refractivity contribution in [2.75, 3.05) is 26.2 Å². The smallest absolute Gasteiger partial charge is 0.254 e. The molecule has 100 valence electrons. The van der Waals surface area contributed by atoms with Crippen LogP contribution in [0.25, 0.3) is 0 Å². The van der Waals surface area contributed by atoms with Gasteiger partial charge in [-0.2, -0.15) is 5.10 Å². The molecule has 0 aromatic carbocycles. The number of aromatic nitrogens is 2. The van der Waals surface area contributed by atoms with E-state index >= 15 is 0 Å². The van der Waals surface area contributed by atoms with E-state index in [-0.39, 0.29) is 5.91 Å². The zero-order valence-electron chi connectivity index (χ0n) is 11.1. The lowest BCUT2D eigenvalue weighted by Crippen LogP contribution is -2.35. The monoisotopic (exact) mass is 250 g/mol. The van der Waals surface area contributed by atoms with Gasteiger partial charge in [-0.3, -0.25) is 9.48 Å². The fourth-order valence-electron chi connectivity index (χ4n) is 2.33. The van der Waals surface area contributed by atoms with Gasteiger partial charge in [-0.25, -0.2) is 0 Å². The van der Waals surface area contributed by atoms with Gasteiger partial charge in [0.2, 0.25) is 0 Å². The fourth-order valence-corrected chi connectivity index (χ4v) is 2.33. The molecule has 0 saturated carbocycles. The van der Waals surface area contributed by atoms with E-state index in [2.05, 4.69) is 15.3 Å². The average Bonchev–Trinajstić information content (AvgIpc) is 2.63. The zero-order chi connectivity index (χ0) is 12.8. The van der Waals surface area contributed by atoms with Gasteiger partial charge >= 0.3 is 0 Å². The Labute approximate surface area is 108 Å². The number of hydrogen-bond acceptors (Lipinski definition) is 3. The summed E-state index contributed by atoms with van der Waals surface area (Å²) in [6.07, 6.45) is 8.60. The summed E-state index contributed by atoms with van der Waals surface area (Å²) in [6.45, 7) is 4.01. The van der Waals surface area contributed by atoms with Crippen molar-refractivity contribution in [3.8, 4) is 0 Å². The molecule has 1 aliphatic rings. The lowest BCUT2D eigenvalue weighted by atomic mass is 10.2. The number of hydrogen-bond donors (Lipinski definition) is 1. The first-order valence-electron chi connectivity index (χ1n) is 6.75. The first kappa shape index (κ1) is 13.1. The third-order valence-corrected chi connectivity index (χ3v) is 3.38. The van der Waals surface area contributed by atoms with Gasteiger partial charge in [0, 0.05) is 26.3 Å². The summed E-state index contributed by atoms with van der Waals surface area (Å²) in [7, 11) is 1.81. The Kier molecular flexibility index (Phi) is 4.75. The number of carbonyl (C=O) groups excluding carboxylic acids is 1. The summed E-state index contributed by atoms with van der Waals surface area (Å²) in [4.78, 5) is 14.2. The highest BCUT2D eigenvalue weighted by Crippen LogP contribution is 2.08. The first-order chi connectivity index (χ1) is 8.75. The van der Waals surface area contributed by atoms with Crippen molar-refractivity contribution in [1.82, 2.24) is 20.0 Å². The number of nitrogens with one attached hydrogen (secondary N) is 1. The number of rotatable bonds is 4. The third-order valence-electron chi connectivity index (χ3n) is 3.38. The largest absolute Gasteiger partial charge is 0.351 e. The molecule has 1 aromatic rings. The van der Waals surface area contributed by atoms with Gasteiger partial charge in [-0.05, 0) is 25.9 Å². The van der Waals surface area contributed by atoms with Crippen molar-refractivity contribution in [2.45, 2.75) is 25.7 Å². The summed E-state index contributed by atoms with van der Waals surface area (Å²) in [5.74, 6) is -0.0297. The molecule has 0 radical (unpaired) electrons. The zero-order valence-corrected chi connectivity index (χ0v) is 11.1. The molecule has 1 aliphatic heterocycles. The van der Waals surface area contributed by atoms with Crippen molar-refractivity contribution in [3.05, 3.63) is 18.0 Å². The van der Waals surface area contributed by atoms with Crippen molar-refractivity contribution < 1.29 is 4.79 Å². The third kappa shape index (κ3) is 3.84. The molecule has 2 rings (SSSR count). The minimum atomic E-state index is -0.0297. The summed E-state index contributed by atoms with van der Waals surface area (Å²) in [6, 6.07) is 0. The Bertz CT molecular complexity index is 380. The molecule has 18 heavy (non-hydrogen) atoms. The van der Waals surface area contributed by atoms with E-state index in [4.69, 9.17) is 0 Å². The van der Waals surface area contributed by atoms with Gasteiger partial charge in [0.1, 0.15) is 0 Å². The molecular formula is C13H22N4O. The second-order valence-electron chi connectivity index (χ2n) is 4.91. The van der Waals surface area contributed by atoms with Crippen LogP contribution in [0.5, 0.6) is 0 Å². The van der Waals surface area contributed by atoms with Crippen LogP contribution in [-0.4, -0.2) is 46.8 Å². The lowest BCUT2D eigenvalue weighted by Gasteiger charge is -2.19. The van der Waals surface area contributed by atoms with Gasteiger partial charge in [0.15, 0.2) is 0 Å². The van der Waals surface area contributed by atoms with Crippen LogP contribution >= 0.6 is 0 Å². The van der Waals surface area contributed by atoms with E-state index < -0.39 is 0 Å². The van der Waals surface area contributed by atoms with Crippen LogP contribution in [0.15, 0.2) is 12.4 Å². The maximum atomic E-state index is 11.8. The predicted octanol–water partition coefficient (Wildman–Crippen LogP) is 1.03. The number of aryl methyl sites for hydroxylation is 1. The van der Waals surface area contributed by atoms with E-state index in [0.717, 1.165) is 6.54 Å². The van der Waals surface area contributed by atoms with Gasteiger partial charge in [0.05, 0.1) is 11.8 Å². The molecule has 0 spiro atoms. The van der Waals surface area contributed by atoms with Crippen LogP contribution in [-0.2, 0) is 7.05 Å². The molecule has 5 heteroatoms. The van der Waals surface area contributed by atoms with Gasteiger partial charge in [-0.1, -0.05) is 12.8 Å². The van der Waals surface area contributed by atoms with Crippen LogP contribution in [0.1, 0.15) is 36.0 Å². The molecular weight excluding hydrogens is 228 g/mol. The molecule has 1 fully saturated rings. The van der Waals surface area contributed by atoms with Gasteiger partial charge in [0.25, 0.3) is 5.91 Å². The highest BCUT2D eigenvalue weighted by atomic mass is 16.1. The minimum Gasteiger partial charge on any atom is -0.351 e. The SMILES string of the molecule is Cn1cc(C(=O)NCCN2CCCCCC2)cn1. The first-order valence-corrected chi connectivity index (χ1v) is 6.75. The van der Waals surface area contributed by atoms with E-state index in [1.165, 1.54) is 38.8 Å². The second-order valence-corrected chi connectivity index (χ2v) is 4.91. The number of likely N-dealkylation sites (tertiary alicyclic amines) is 1. The Hall–Kier alpha value is -1.36. The molecule has 0 bridgehead atoms. The number of amides is 1. The van der Waals surface area contributed by atoms with E-state index in [1.54, 1.807) is 17.1 Å².